The van der Waals surface area contributed by atoms with Crippen LogP contribution in [0, 0.1) is 17.2 Å². The summed E-state index contributed by atoms with van der Waals surface area (Å²) in [6.45, 7) is 0. The van der Waals surface area contributed by atoms with Crippen molar-refractivity contribution >= 4 is 10.2 Å². The van der Waals surface area contributed by atoms with Crippen LogP contribution in [-0.4, -0.2) is 20.5 Å². The average Bonchev–Trinajstić information content (AvgIpc) is 2.91. The maximum Gasteiger partial charge on any atom is 0.278 e. The highest BCUT2D eigenvalue weighted by molar-refractivity contribution is 7.87. The van der Waals surface area contributed by atoms with E-state index < -0.39 is 16.3 Å². The zero-order valence-corrected chi connectivity index (χ0v) is 8.55. The molecule has 2 fully saturated rings. The number of nitrogens with zero attached hydrogens (tertiary/aromatic N) is 1. The second-order valence-electron chi connectivity index (χ2n) is 3.96. The fourth-order valence-corrected chi connectivity index (χ4v) is 2.60. The number of nitrogens with one attached hydrogen (secondary N) is 2. The summed E-state index contributed by atoms with van der Waals surface area (Å²) in [4.78, 5) is 0. The zero-order chi connectivity index (χ0) is 10.2. The Hall–Kier alpha value is -0.640. The molecular weight excluding hydrogens is 202 g/mol. The highest BCUT2D eigenvalue weighted by Crippen LogP contribution is 2.32. The summed E-state index contributed by atoms with van der Waals surface area (Å²) in [5.74, 6) is 0.218. The molecule has 0 bridgehead atoms. The van der Waals surface area contributed by atoms with Crippen LogP contribution >= 0.6 is 0 Å². The molecule has 0 aromatic rings. The lowest BCUT2D eigenvalue weighted by atomic mass is 10.2. The van der Waals surface area contributed by atoms with Gasteiger partial charge in [-0.1, -0.05) is 0 Å². The third-order valence-corrected chi connectivity index (χ3v) is 3.62. The van der Waals surface area contributed by atoms with Crippen molar-refractivity contribution in [3.63, 3.8) is 0 Å². The van der Waals surface area contributed by atoms with Crippen LogP contribution in [0.25, 0.3) is 0 Å². The van der Waals surface area contributed by atoms with E-state index in [9.17, 15) is 8.42 Å². The van der Waals surface area contributed by atoms with Gasteiger partial charge in [-0.3, -0.25) is 0 Å². The van der Waals surface area contributed by atoms with E-state index in [4.69, 9.17) is 5.26 Å². The summed E-state index contributed by atoms with van der Waals surface area (Å²) in [6, 6.07) is 1.52. The molecule has 0 spiro atoms. The van der Waals surface area contributed by atoms with Crippen molar-refractivity contribution in [2.45, 2.75) is 37.8 Å². The van der Waals surface area contributed by atoms with Crippen LogP contribution in [0.4, 0.5) is 0 Å². The highest BCUT2D eigenvalue weighted by atomic mass is 32.2. The third kappa shape index (κ3) is 2.67. The molecule has 0 aromatic heterocycles. The minimum Gasteiger partial charge on any atom is -0.199 e. The van der Waals surface area contributed by atoms with Crippen LogP contribution in [0.5, 0.6) is 0 Å². The molecule has 6 heteroatoms. The Morgan fingerprint density at radius 1 is 1.29 bits per heavy atom. The molecule has 5 nitrogen and oxygen atoms in total. The van der Waals surface area contributed by atoms with E-state index in [1.165, 1.54) is 0 Å². The molecule has 14 heavy (non-hydrogen) atoms. The fourth-order valence-electron chi connectivity index (χ4n) is 1.28. The molecule has 0 saturated heterocycles. The van der Waals surface area contributed by atoms with E-state index in [-0.39, 0.29) is 12.0 Å². The van der Waals surface area contributed by atoms with Crippen molar-refractivity contribution in [3.8, 4) is 6.07 Å². The SMILES string of the molecule is N#CC(NS(=O)(=O)NC1CC1)C1CC1. The van der Waals surface area contributed by atoms with Gasteiger partial charge in [0.25, 0.3) is 10.2 Å². The van der Waals surface area contributed by atoms with E-state index in [2.05, 4.69) is 9.44 Å². The largest absolute Gasteiger partial charge is 0.278 e. The molecule has 78 valence electrons. The summed E-state index contributed by atoms with van der Waals surface area (Å²) in [6.07, 6.45) is 3.71. The van der Waals surface area contributed by atoms with Gasteiger partial charge in [-0.2, -0.15) is 23.1 Å². The monoisotopic (exact) mass is 215 g/mol. The van der Waals surface area contributed by atoms with E-state index in [1.807, 2.05) is 6.07 Å². The zero-order valence-electron chi connectivity index (χ0n) is 7.73. The third-order valence-electron chi connectivity index (χ3n) is 2.41. The molecule has 0 amide bonds. The molecule has 2 aliphatic carbocycles. The second-order valence-corrected chi connectivity index (χ2v) is 5.44. The quantitative estimate of drug-likeness (QED) is 0.670. The number of nitriles is 1. The van der Waals surface area contributed by atoms with Gasteiger partial charge >= 0.3 is 0 Å². The summed E-state index contributed by atoms with van der Waals surface area (Å²) >= 11 is 0. The van der Waals surface area contributed by atoms with Gasteiger partial charge in [0.05, 0.1) is 6.07 Å². The minimum atomic E-state index is -3.46. The Kier molecular flexibility index (Phi) is 2.47. The number of hydrogen-bond donors (Lipinski definition) is 2. The first kappa shape index (κ1) is 9.90. The van der Waals surface area contributed by atoms with Crippen LogP contribution < -0.4 is 9.44 Å². The summed E-state index contributed by atoms with van der Waals surface area (Å²) in [5, 5.41) is 8.74. The molecule has 2 N–H and O–H groups in total. The smallest absolute Gasteiger partial charge is 0.199 e. The first-order chi connectivity index (χ1) is 6.61. The highest BCUT2D eigenvalue weighted by Gasteiger charge is 2.35. The maximum atomic E-state index is 11.4. The molecule has 1 unspecified atom stereocenters. The van der Waals surface area contributed by atoms with Gasteiger partial charge in [0.1, 0.15) is 6.04 Å². The van der Waals surface area contributed by atoms with Gasteiger partial charge in [0.2, 0.25) is 0 Å². The summed E-state index contributed by atoms with van der Waals surface area (Å²) in [5.41, 5.74) is 0. The van der Waals surface area contributed by atoms with E-state index in [0.717, 1.165) is 25.7 Å². The molecule has 1 atom stereocenters. The first-order valence-corrected chi connectivity index (χ1v) is 6.28. The molecule has 0 aromatic carbocycles. The molecule has 0 radical (unpaired) electrons. The molecule has 2 aliphatic rings. The summed E-state index contributed by atoms with van der Waals surface area (Å²) < 4.78 is 27.7. The molecule has 0 aliphatic heterocycles. The van der Waals surface area contributed by atoms with Crippen molar-refractivity contribution < 1.29 is 8.42 Å². The minimum absolute atomic E-state index is 0.0889. The second kappa shape index (κ2) is 3.50. The lowest BCUT2D eigenvalue weighted by molar-refractivity contribution is 0.546. The van der Waals surface area contributed by atoms with E-state index >= 15 is 0 Å². The lowest BCUT2D eigenvalue weighted by Gasteiger charge is -2.11. The van der Waals surface area contributed by atoms with Crippen LogP contribution in [0.2, 0.25) is 0 Å². The predicted molar refractivity (Wildman–Crippen MR) is 50.3 cm³/mol. The van der Waals surface area contributed by atoms with Crippen LogP contribution in [0.3, 0.4) is 0 Å². The van der Waals surface area contributed by atoms with Gasteiger partial charge in [-0.15, -0.1) is 0 Å². The molecule has 2 saturated carbocycles. The van der Waals surface area contributed by atoms with Crippen LogP contribution in [-0.2, 0) is 10.2 Å². The molecular formula is C8H13N3O2S. The van der Waals surface area contributed by atoms with Gasteiger partial charge in [0, 0.05) is 6.04 Å². The van der Waals surface area contributed by atoms with Gasteiger partial charge < -0.3 is 0 Å². The van der Waals surface area contributed by atoms with Gasteiger partial charge in [-0.25, -0.2) is 0 Å². The average molecular weight is 215 g/mol. The fraction of sp³-hybridized carbons (Fsp3) is 0.875. The van der Waals surface area contributed by atoms with Crippen LogP contribution in [0.15, 0.2) is 0 Å². The van der Waals surface area contributed by atoms with Crippen molar-refractivity contribution in [3.05, 3.63) is 0 Å². The van der Waals surface area contributed by atoms with E-state index in [1.54, 1.807) is 0 Å². The molecule has 2 rings (SSSR count). The Morgan fingerprint density at radius 3 is 2.36 bits per heavy atom. The first-order valence-electron chi connectivity index (χ1n) is 4.80. The standard InChI is InChI=1S/C8H13N3O2S/c9-5-8(6-1-2-6)11-14(12,13)10-7-3-4-7/h6-8,10-11H,1-4H2. The van der Waals surface area contributed by atoms with Crippen molar-refractivity contribution in [2.24, 2.45) is 5.92 Å². The number of hydrogen-bond acceptors (Lipinski definition) is 3. The maximum absolute atomic E-state index is 11.4. The number of rotatable bonds is 5. The molecule has 0 heterocycles. The normalized spacial score (nSPS) is 24.2. The summed E-state index contributed by atoms with van der Waals surface area (Å²) in [7, 11) is -3.46. The van der Waals surface area contributed by atoms with Gasteiger partial charge in [0.15, 0.2) is 0 Å². The Balaban J connectivity index is 1.90. The van der Waals surface area contributed by atoms with Crippen molar-refractivity contribution in [1.82, 2.24) is 9.44 Å². The Labute approximate surface area is 83.7 Å². The Morgan fingerprint density at radius 2 is 1.93 bits per heavy atom. The van der Waals surface area contributed by atoms with E-state index in [0.29, 0.717) is 0 Å². The predicted octanol–water partition coefficient (Wildman–Crippen LogP) is -0.125. The van der Waals surface area contributed by atoms with Crippen molar-refractivity contribution in [2.75, 3.05) is 0 Å². The van der Waals surface area contributed by atoms with Crippen LogP contribution in [0.1, 0.15) is 25.7 Å². The Bertz CT molecular complexity index is 351. The lowest BCUT2D eigenvalue weighted by Crippen LogP contribution is -2.43. The topological polar surface area (TPSA) is 82.0 Å². The van der Waals surface area contributed by atoms with Gasteiger partial charge in [-0.05, 0) is 31.6 Å². The van der Waals surface area contributed by atoms with Crippen molar-refractivity contribution in [1.29, 1.82) is 5.26 Å².